The van der Waals surface area contributed by atoms with Gasteiger partial charge in [-0.15, -0.1) is 0 Å². The number of hydrogen-bond donors (Lipinski definition) is 0. The Hall–Kier alpha value is -2.15. The standard InChI is InChI=1S/C18H20FN3/c1-2-16-18-13(10-11-20)7-5-9-17(18)22(21-16)12-14-6-3-4-8-15(14)19/h3-4,6,8,13H,2,5,7,9-10,12H2,1H3. The SMILES string of the molecule is CCc1nn(Cc2ccccc2F)c2c1C(CC#N)CCC2. The van der Waals surface area contributed by atoms with Crippen LogP contribution in [0.25, 0.3) is 0 Å². The lowest BCUT2D eigenvalue weighted by Crippen LogP contribution is -2.14. The Morgan fingerprint density at radius 2 is 2.23 bits per heavy atom. The Morgan fingerprint density at radius 3 is 2.95 bits per heavy atom. The van der Waals surface area contributed by atoms with Crippen molar-refractivity contribution in [2.45, 2.75) is 51.5 Å². The summed E-state index contributed by atoms with van der Waals surface area (Å²) in [5, 5.41) is 13.8. The molecule has 1 aliphatic rings. The van der Waals surface area contributed by atoms with Gasteiger partial charge in [-0.25, -0.2) is 4.39 Å². The van der Waals surface area contributed by atoms with Gasteiger partial charge in [-0.3, -0.25) is 4.68 Å². The summed E-state index contributed by atoms with van der Waals surface area (Å²) in [5.74, 6) is 0.104. The largest absolute Gasteiger partial charge is 0.264 e. The minimum atomic E-state index is -0.186. The van der Waals surface area contributed by atoms with Crippen molar-refractivity contribution in [3.63, 3.8) is 0 Å². The minimum Gasteiger partial charge on any atom is -0.264 e. The molecule has 22 heavy (non-hydrogen) atoms. The fraction of sp³-hybridized carbons (Fsp3) is 0.444. The average Bonchev–Trinajstić information content (AvgIpc) is 2.89. The van der Waals surface area contributed by atoms with Crippen molar-refractivity contribution in [3.05, 3.63) is 52.6 Å². The van der Waals surface area contributed by atoms with Crippen molar-refractivity contribution >= 4 is 0 Å². The highest BCUT2D eigenvalue weighted by Gasteiger charge is 2.27. The molecule has 4 heteroatoms. The van der Waals surface area contributed by atoms with Crippen LogP contribution in [0.4, 0.5) is 4.39 Å². The fourth-order valence-electron chi connectivity index (χ4n) is 3.45. The van der Waals surface area contributed by atoms with Crippen molar-refractivity contribution in [2.24, 2.45) is 0 Å². The molecule has 3 rings (SSSR count). The maximum Gasteiger partial charge on any atom is 0.128 e. The maximum atomic E-state index is 13.9. The Kier molecular flexibility index (Phi) is 4.24. The van der Waals surface area contributed by atoms with Crippen molar-refractivity contribution in [1.29, 1.82) is 5.26 Å². The van der Waals surface area contributed by atoms with Gasteiger partial charge in [-0.05, 0) is 31.7 Å². The number of aryl methyl sites for hydroxylation is 1. The summed E-state index contributed by atoms with van der Waals surface area (Å²) in [6.45, 7) is 2.56. The third kappa shape index (κ3) is 2.64. The van der Waals surface area contributed by atoms with Crippen molar-refractivity contribution < 1.29 is 4.39 Å². The van der Waals surface area contributed by atoms with E-state index in [1.165, 1.54) is 17.3 Å². The molecule has 1 aromatic carbocycles. The zero-order valence-electron chi connectivity index (χ0n) is 12.8. The van der Waals surface area contributed by atoms with Crippen LogP contribution in [0.15, 0.2) is 24.3 Å². The number of aromatic nitrogens is 2. The third-order valence-corrected chi connectivity index (χ3v) is 4.50. The average molecular weight is 297 g/mol. The van der Waals surface area contributed by atoms with Crippen LogP contribution < -0.4 is 0 Å². The molecule has 1 aliphatic carbocycles. The van der Waals surface area contributed by atoms with Crippen LogP contribution in [0, 0.1) is 17.1 Å². The minimum absolute atomic E-state index is 0.186. The molecule has 0 radical (unpaired) electrons. The summed E-state index contributed by atoms with van der Waals surface area (Å²) in [5.41, 5.74) is 4.20. The molecule has 114 valence electrons. The van der Waals surface area contributed by atoms with Gasteiger partial charge in [-0.2, -0.15) is 10.4 Å². The summed E-state index contributed by atoms with van der Waals surface area (Å²) in [6, 6.07) is 9.16. The highest BCUT2D eigenvalue weighted by atomic mass is 19.1. The number of rotatable bonds is 4. The van der Waals surface area contributed by atoms with E-state index in [0.717, 1.165) is 31.4 Å². The molecule has 3 nitrogen and oxygen atoms in total. The predicted octanol–water partition coefficient (Wildman–Crippen LogP) is 3.97. The van der Waals surface area contributed by atoms with E-state index < -0.39 is 0 Å². The Labute approximate surface area is 130 Å². The molecule has 0 N–H and O–H groups in total. The van der Waals surface area contributed by atoms with E-state index in [-0.39, 0.29) is 11.7 Å². The third-order valence-electron chi connectivity index (χ3n) is 4.50. The van der Waals surface area contributed by atoms with Crippen LogP contribution in [-0.4, -0.2) is 9.78 Å². The number of hydrogen-bond acceptors (Lipinski definition) is 2. The van der Waals surface area contributed by atoms with E-state index in [4.69, 9.17) is 10.4 Å². The van der Waals surface area contributed by atoms with Gasteiger partial charge in [0.25, 0.3) is 0 Å². The molecule has 1 atom stereocenters. The van der Waals surface area contributed by atoms with Crippen LogP contribution in [0.1, 0.15) is 54.6 Å². The zero-order valence-corrected chi connectivity index (χ0v) is 12.8. The number of benzene rings is 1. The highest BCUT2D eigenvalue weighted by Crippen LogP contribution is 2.36. The van der Waals surface area contributed by atoms with E-state index >= 15 is 0 Å². The van der Waals surface area contributed by atoms with E-state index in [1.54, 1.807) is 6.07 Å². The molecule has 0 spiro atoms. The van der Waals surface area contributed by atoms with Crippen LogP contribution in [0.3, 0.4) is 0 Å². The molecule has 0 saturated carbocycles. The van der Waals surface area contributed by atoms with Crippen molar-refractivity contribution in [2.75, 3.05) is 0 Å². The summed E-state index contributed by atoms with van der Waals surface area (Å²) in [6.07, 6.45) is 4.50. The molecule has 2 aromatic rings. The molecular weight excluding hydrogens is 277 g/mol. The normalized spacial score (nSPS) is 17.0. The van der Waals surface area contributed by atoms with Crippen molar-refractivity contribution in [3.8, 4) is 6.07 Å². The maximum absolute atomic E-state index is 13.9. The first kappa shape index (κ1) is 14.8. The monoisotopic (exact) mass is 297 g/mol. The Morgan fingerprint density at radius 1 is 1.41 bits per heavy atom. The van der Waals surface area contributed by atoms with Crippen LogP contribution >= 0.6 is 0 Å². The molecule has 1 heterocycles. The van der Waals surface area contributed by atoms with Gasteiger partial charge < -0.3 is 0 Å². The van der Waals surface area contributed by atoms with E-state index in [1.807, 2.05) is 16.8 Å². The van der Waals surface area contributed by atoms with Gasteiger partial charge >= 0.3 is 0 Å². The second kappa shape index (κ2) is 6.31. The van der Waals surface area contributed by atoms with Gasteiger partial charge in [0.2, 0.25) is 0 Å². The lowest BCUT2D eigenvalue weighted by Gasteiger charge is -2.22. The molecule has 0 bridgehead atoms. The summed E-state index contributed by atoms with van der Waals surface area (Å²) in [7, 11) is 0. The lowest BCUT2D eigenvalue weighted by molar-refractivity contribution is 0.524. The molecule has 0 amide bonds. The quantitative estimate of drug-likeness (QED) is 0.857. The molecule has 0 aliphatic heterocycles. The number of halogens is 1. The van der Waals surface area contributed by atoms with Crippen LogP contribution in [-0.2, 0) is 19.4 Å². The number of fused-ring (bicyclic) bond motifs is 1. The van der Waals surface area contributed by atoms with E-state index in [9.17, 15) is 4.39 Å². The first-order chi connectivity index (χ1) is 10.7. The Balaban J connectivity index is 2.00. The predicted molar refractivity (Wildman–Crippen MR) is 83.0 cm³/mol. The molecule has 0 fully saturated rings. The topological polar surface area (TPSA) is 41.6 Å². The zero-order chi connectivity index (χ0) is 15.5. The number of nitriles is 1. The van der Waals surface area contributed by atoms with Crippen molar-refractivity contribution in [1.82, 2.24) is 9.78 Å². The smallest absolute Gasteiger partial charge is 0.128 e. The second-order valence-electron chi connectivity index (χ2n) is 5.86. The van der Waals surface area contributed by atoms with Gasteiger partial charge in [0.05, 0.1) is 18.3 Å². The number of nitrogens with zero attached hydrogens (tertiary/aromatic N) is 3. The Bertz CT molecular complexity index is 712. The highest BCUT2D eigenvalue weighted by molar-refractivity contribution is 5.34. The van der Waals surface area contributed by atoms with Gasteiger partial charge in [0.15, 0.2) is 0 Å². The summed E-state index contributed by atoms with van der Waals surface area (Å²) < 4.78 is 15.9. The van der Waals surface area contributed by atoms with Gasteiger partial charge in [-0.1, -0.05) is 25.1 Å². The molecule has 0 saturated heterocycles. The fourth-order valence-corrected chi connectivity index (χ4v) is 3.45. The van der Waals surface area contributed by atoms with E-state index in [0.29, 0.717) is 18.5 Å². The van der Waals surface area contributed by atoms with Crippen LogP contribution in [0.2, 0.25) is 0 Å². The summed E-state index contributed by atoms with van der Waals surface area (Å²) >= 11 is 0. The van der Waals surface area contributed by atoms with E-state index in [2.05, 4.69) is 13.0 Å². The van der Waals surface area contributed by atoms with Gasteiger partial charge in [0.1, 0.15) is 5.82 Å². The molecule has 1 unspecified atom stereocenters. The van der Waals surface area contributed by atoms with Gasteiger partial charge in [0, 0.05) is 29.2 Å². The van der Waals surface area contributed by atoms with Crippen LogP contribution in [0.5, 0.6) is 0 Å². The first-order valence-corrected chi connectivity index (χ1v) is 7.93. The second-order valence-corrected chi connectivity index (χ2v) is 5.86. The molecular formula is C18H20FN3. The summed E-state index contributed by atoms with van der Waals surface area (Å²) in [4.78, 5) is 0. The lowest BCUT2D eigenvalue weighted by atomic mass is 9.83. The first-order valence-electron chi connectivity index (χ1n) is 7.93. The molecule has 1 aromatic heterocycles.